The van der Waals surface area contributed by atoms with Gasteiger partial charge >= 0.3 is 0 Å². The fraction of sp³-hybridized carbons (Fsp3) is 0.320. The number of hydrogen-bond acceptors (Lipinski definition) is 12. The molecule has 0 radical (unpaired) electrons. The minimum Gasteiger partial charge on any atom is -0.252 e. The van der Waals surface area contributed by atoms with Crippen LogP contribution in [0.3, 0.4) is 0 Å². The molecule has 1 aliphatic rings. The molecule has 8 aromatic heterocycles. The quantitative estimate of drug-likeness (QED) is 0.0953. The maximum absolute atomic E-state index is 5.28. The van der Waals surface area contributed by atoms with Gasteiger partial charge in [0.25, 0.3) is 0 Å². The van der Waals surface area contributed by atoms with Crippen LogP contribution >= 0.6 is 68.8 Å². The molecule has 6 nitrogen and oxygen atoms in total. The molecule has 11 rings (SSSR count). The summed E-state index contributed by atoms with van der Waals surface area (Å²) in [6.45, 7) is 12.1. The Hall–Kier alpha value is -4.08. The van der Waals surface area contributed by atoms with E-state index in [0.29, 0.717) is 17.8 Å². The summed E-state index contributed by atoms with van der Waals surface area (Å²) in [6.07, 6.45) is 13.0. The lowest BCUT2D eigenvalue weighted by Gasteiger charge is -2.26. The fourth-order valence-electron chi connectivity index (χ4n) is 9.82. The van der Waals surface area contributed by atoms with Crippen molar-refractivity contribution in [3.63, 3.8) is 0 Å². The van der Waals surface area contributed by atoms with Crippen LogP contribution in [0.1, 0.15) is 91.0 Å². The second-order valence-corrected chi connectivity index (χ2v) is 25.4. The molecule has 0 fully saturated rings. The van der Waals surface area contributed by atoms with E-state index < -0.39 is 8.80 Å². The van der Waals surface area contributed by atoms with Gasteiger partial charge in [0.15, 0.2) is 0 Å². The predicted octanol–water partition coefficient (Wildman–Crippen LogP) is 15.2. The molecule has 0 amide bonds. The third-order valence-corrected chi connectivity index (χ3v) is 23.5. The van der Waals surface area contributed by atoms with Crippen molar-refractivity contribution in [2.75, 3.05) is 0 Å². The van der Waals surface area contributed by atoms with Gasteiger partial charge in [-0.1, -0.05) is 116 Å². The molecular formula is C50H48N6S6Si. The summed E-state index contributed by atoms with van der Waals surface area (Å²) in [5.41, 5.74) is 9.46. The molecule has 318 valence electrons. The highest BCUT2D eigenvalue weighted by molar-refractivity contribution is 7.30. The van der Waals surface area contributed by atoms with Gasteiger partial charge in [0, 0.05) is 52.4 Å². The zero-order valence-corrected chi connectivity index (χ0v) is 42.2. The largest absolute Gasteiger partial charge is 0.252 e. The molecule has 0 aliphatic carbocycles. The van der Waals surface area contributed by atoms with E-state index in [1.807, 2.05) is 22.7 Å². The Bertz CT molecular complexity index is 3210. The number of thiophene rings is 4. The van der Waals surface area contributed by atoms with Gasteiger partial charge in [-0.2, -0.15) is 17.5 Å². The summed E-state index contributed by atoms with van der Waals surface area (Å²) in [4.78, 5) is 18.3. The Morgan fingerprint density at radius 2 is 1.17 bits per heavy atom. The third kappa shape index (κ3) is 7.26. The lowest BCUT2D eigenvalue weighted by atomic mass is 9.84. The molecule has 63 heavy (non-hydrogen) atoms. The normalized spacial score (nSPS) is 15.2. The summed E-state index contributed by atoms with van der Waals surface area (Å²) in [5, 5.41) is 5.81. The van der Waals surface area contributed by atoms with Crippen molar-refractivity contribution in [2.24, 2.45) is 11.8 Å². The molecule has 2 aromatic carbocycles. The summed E-state index contributed by atoms with van der Waals surface area (Å²) in [6, 6.07) is 25.5. The van der Waals surface area contributed by atoms with E-state index in [2.05, 4.69) is 114 Å². The molecule has 0 spiro atoms. The number of rotatable bonds is 15. The van der Waals surface area contributed by atoms with E-state index in [1.165, 1.54) is 114 Å². The standard InChI is InChI=1S/C50H48N6S6Si/c1-6-9-15-27(4)28(5)40-47(33-25-52-44(46-42(33)54-62-56-46)38-22-31-18-12-14-20-35(31)58-38)60-49-48-39(63(50(40)49)26-29(8-3)16-10-7-2)23-36(59-48)32-24-51-43(45-41(32)53-61-55-45)37-21-30-17-11-13-19-34(30)57-37/h11-14,17-25,27-29,63H,6-10,15-16,26H2,1-5H3/t27?,28?,29-,63+/m0/s1. The van der Waals surface area contributed by atoms with Crippen LogP contribution in [-0.4, -0.2) is 36.3 Å². The van der Waals surface area contributed by atoms with Gasteiger partial charge in [-0.15, -0.1) is 45.3 Å². The lowest BCUT2D eigenvalue weighted by molar-refractivity contribution is 0.439. The average Bonchev–Trinajstić information content (AvgIpc) is 4.17. The SMILES string of the molecule is CCCCC(C)C(C)c1c(-c2cnc(-c3cc4ccccc4s3)c3nsnc23)sc2c1[Si@H](C[C@@H](CC)CCCC)c1cc(-c3cnc(-c4cc5ccccc5s4)c4nsnc34)sc1-2. The van der Waals surface area contributed by atoms with Crippen LogP contribution in [0.5, 0.6) is 0 Å². The van der Waals surface area contributed by atoms with Crippen LogP contribution < -0.4 is 10.4 Å². The monoisotopic (exact) mass is 952 g/mol. The van der Waals surface area contributed by atoms with E-state index in [4.69, 9.17) is 27.5 Å². The molecule has 9 heterocycles. The van der Waals surface area contributed by atoms with Crippen LogP contribution in [-0.2, 0) is 0 Å². The maximum Gasteiger partial charge on any atom is 0.132 e. The van der Waals surface area contributed by atoms with Gasteiger partial charge in [0.1, 0.15) is 42.3 Å². The van der Waals surface area contributed by atoms with Crippen molar-refractivity contribution in [3.8, 4) is 51.8 Å². The molecule has 4 atom stereocenters. The smallest absolute Gasteiger partial charge is 0.132 e. The van der Waals surface area contributed by atoms with E-state index >= 15 is 0 Å². The van der Waals surface area contributed by atoms with Crippen molar-refractivity contribution in [3.05, 3.63) is 84.7 Å². The molecular weight excluding hydrogens is 905 g/mol. The van der Waals surface area contributed by atoms with Crippen LogP contribution in [0.15, 0.2) is 79.1 Å². The van der Waals surface area contributed by atoms with Gasteiger partial charge in [-0.05, 0) is 80.8 Å². The van der Waals surface area contributed by atoms with Gasteiger partial charge in [-0.25, -0.2) is 0 Å². The molecule has 0 saturated heterocycles. The molecule has 13 heteroatoms. The number of benzene rings is 2. The Kier molecular flexibility index (Phi) is 11.5. The number of aromatic nitrogens is 6. The number of pyridine rings is 2. The first-order chi connectivity index (χ1) is 30.9. The highest BCUT2D eigenvalue weighted by Crippen LogP contribution is 2.51. The third-order valence-electron chi connectivity index (χ3n) is 13.5. The second kappa shape index (κ2) is 17.4. The zero-order valence-electron chi connectivity index (χ0n) is 36.1. The highest BCUT2D eigenvalue weighted by atomic mass is 32.1. The van der Waals surface area contributed by atoms with E-state index in [1.54, 1.807) is 38.6 Å². The molecule has 10 aromatic rings. The zero-order chi connectivity index (χ0) is 42.8. The number of unbranched alkanes of at least 4 members (excludes halogenated alkanes) is 2. The average molecular weight is 953 g/mol. The molecule has 0 bridgehead atoms. The number of nitrogens with zero attached hydrogens (tertiary/aromatic N) is 6. The van der Waals surface area contributed by atoms with E-state index in [0.717, 1.165) is 54.3 Å². The molecule has 2 unspecified atom stereocenters. The van der Waals surface area contributed by atoms with Crippen molar-refractivity contribution in [1.82, 2.24) is 27.5 Å². The maximum atomic E-state index is 5.28. The van der Waals surface area contributed by atoms with Gasteiger partial charge in [-0.3, -0.25) is 9.97 Å². The van der Waals surface area contributed by atoms with Crippen LogP contribution in [0.4, 0.5) is 0 Å². The minimum absolute atomic E-state index is 0.404. The van der Waals surface area contributed by atoms with Crippen molar-refractivity contribution in [2.45, 2.75) is 91.5 Å². The summed E-state index contributed by atoms with van der Waals surface area (Å²) >= 11 is 10.2. The Morgan fingerprint density at radius 1 is 0.587 bits per heavy atom. The number of fused-ring (bicyclic) bond motifs is 7. The first-order valence-electron chi connectivity index (χ1n) is 22.5. The number of hydrogen-bond donors (Lipinski definition) is 0. The van der Waals surface area contributed by atoms with Crippen LogP contribution in [0, 0.1) is 11.8 Å². The van der Waals surface area contributed by atoms with Crippen LogP contribution in [0.2, 0.25) is 6.04 Å². The minimum atomic E-state index is -1.69. The highest BCUT2D eigenvalue weighted by Gasteiger charge is 2.41. The first-order valence-corrected chi connectivity index (χ1v) is 29.1. The van der Waals surface area contributed by atoms with Crippen LogP contribution in [0.25, 0.3) is 94.0 Å². The first kappa shape index (κ1) is 41.6. The van der Waals surface area contributed by atoms with Gasteiger partial charge in [0.05, 0.1) is 33.2 Å². The summed E-state index contributed by atoms with van der Waals surface area (Å²) in [7, 11) is -1.69. The topological polar surface area (TPSA) is 77.3 Å². The lowest BCUT2D eigenvalue weighted by Crippen LogP contribution is -2.41. The van der Waals surface area contributed by atoms with Gasteiger partial charge < -0.3 is 0 Å². The molecule has 0 saturated carbocycles. The Balaban J connectivity index is 1.08. The van der Waals surface area contributed by atoms with Crippen molar-refractivity contribution in [1.29, 1.82) is 0 Å². The predicted molar refractivity (Wildman–Crippen MR) is 279 cm³/mol. The Morgan fingerprint density at radius 3 is 1.79 bits per heavy atom. The fourth-order valence-corrected chi connectivity index (χ4v) is 21.4. The molecule has 0 N–H and O–H groups in total. The van der Waals surface area contributed by atoms with Gasteiger partial charge in [0.2, 0.25) is 0 Å². The molecule has 1 aliphatic heterocycles. The van der Waals surface area contributed by atoms with E-state index in [-0.39, 0.29) is 0 Å². The Labute approximate surface area is 394 Å². The second-order valence-electron chi connectivity index (χ2n) is 17.4. The van der Waals surface area contributed by atoms with Crippen molar-refractivity contribution >= 4 is 130 Å². The van der Waals surface area contributed by atoms with E-state index in [9.17, 15) is 0 Å². The summed E-state index contributed by atoms with van der Waals surface area (Å²) < 4.78 is 22.4. The summed E-state index contributed by atoms with van der Waals surface area (Å²) in [5.74, 6) is 1.67. The van der Waals surface area contributed by atoms with Crippen molar-refractivity contribution < 1.29 is 0 Å².